The molecule has 142 valence electrons. The van der Waals surface area contributed by atoms with E-state index in [1.54, 1.807) is 24.8 Å². The Morgan fingerprint density at radius 3 is 2.82 bits per heavy atom. The molecule has 3 heterocycles. The molecule has 0 bridgehead atoms. The zero-order valence-corrected chi connectivity index (χ0v) is 17.5. The molecule has 0 N–H and O–H groups in total. The van der Waals surface area contributed by atoms with Crippen molar-refractivity contribution in [3.63, 3.8) is 0 Å². The number of benzene rings is 1. The van der Waals surface area contributed by atoms with Crippen LogP contribution in [-0.2, 0) is 6.54 Å². The van der Waals surface area contributed by atoms with Gasteiger partial charge in [-0.1, -0.05) is 18.2 Å². The molecule has 0 saturated heterocycles. The van der Waals surface area contributed by atoms with E-state index in [9.17, 15) is 0 Å². The lowest BCUT2D eigenvalue weighted by atomic mass is 10.2. The van der Waals surface area contributed by atoms with Crippen molar-refractivity contribution in [2.75, 3.05) is 7.11 Å². The Kier molecular flexibility index (Phi) is 5.15. The van der Waals surface area contributed by atoms with E-state index in [0.717, 1.165) is 37.5 Å². The van der Waals surface area contributed by atoms with Crippen LogP contribution in [0, 0.1) is 13.8 Å². The molecule has 1 aromatic carbocycles. The summed E-state index contributed by atoms with van der Waals surface area (Å²) in [6, 6.07) is 7.79. The number of ether oxygens (including phenoxy) is 1. The van der Waals surface area contributed by atoms with E-state index in [-0.39, 0.29) is 0 Å². The highest BCUT2D eigenvalue weighted by Crippen LogP contribution is 2.38. The summed E-state index contributed by atoms with van der Waals surface area (Å²) in [6.45, 7) is 8.68. The summed E-state index contributed by atoms with van der Waals surface area (Å²) < 4.78 is 7.53. The number of methoxy groups -OCH3 is 1. The Bertz CT molecular complexity index is 1160. The molecule has 0 aliphatic heterocycles. The molecule has 4 rings (SSSR count). The number of aromatic nitrogens is 5. The van der Waals surface area contributed by atoms with Crippen molar-refractivity contribution in [1.29, 1.82) is 0 Å². The minimum atomic E-state index is 0.582. The Morgan fingerprint density at radius 2 is 2.04 bits per heavy atom. The molecule has 0 atom stereocenters. The number of thiophene rings is 1. The van der Waals surface area contributed by atoms with Gasteiger partial charge in [0, 0.05) is 16.8 Å². The molecule has 0 amide bonds. The number of nitrogens with zero attached hydrogens (tertiary/aromatic N) is 5. The Morgan fingerprint density at radius 1 is 1.21 bits per heavy atom. The molecule has 0 fully saturated rings. The highest BCUT2D eigenvalue weighted by Gasteiger charge is 2.20. The summed E-state index contributed by atoms with van der Waals surface area (Å²) in [7, 11) is 1.65. The topological polar surface area (TPSA) is 65.7 Å². The molecule has 6 nitrogen and oxygen atoms in total. The van der Waals surface area contributed by atoms with E-state index < -0.39 is 0 Å². The fourth-order valence-electron chi connectivity index (χ4n) is 3.00. The van der Waals surface area contributed by atoms with Crippen LogP contribution in [0.2, 0.25) is 0 Å². The second-order valence-corrected chi connectivity index (χ2v) is 8.31. The molecule has 3 aromatic heterocycles. The van der Waals surface area contributed by atoms with Gasteiger partial charge in [-0.05, 0) is 43.3 Å². The maximum absolute atomic E-state index is 5.50. The Balaban J connectivity index is 1.82. The van der Waals surface area contributed by atoms with Crippen LogP contribution in [0.15, 0.2) is 53.4 Å². The predicted octanol–water partition coefficient (Wildman–Crippen LogP) is 4.91. The number of fused-ring (bicyclic) bond motifs is 1. The van der Waals surface area contributed by atoms with Crippen molar-refractivity contribution in [3.8, 4) is 17.1 Å². The zero-order chi connectivity index (χ0) is 19.7. The van der Waals surface area contributed by atoms with Crippen LogP contribution in [0.1, 0.15) is 10.4 Å². The van der Waals surface area contributed by atoms with Crippen LogP contribution < -0.4 is 4.74 Å². The van der Waals surface area contributed by atoms with Crippen molar-refractivity contribution >= 4 is 33.3 Å². The van der Waals surface area contributed by atoms with Crippen LogP contribution >= 0.6 is 23.1 Å². The lowest BCUT2D eigenvalue weighted by Crippen LogP contribution is -2.02. The third-order valence-electron chi connectivity index (χ3n) is 4.49. The second-order valence-electron chi connectivity index (χ2n) is 6.15. The van der Waals surface area contributed by atoms with Gasteiger partial charge in [0.05, 0.1) is 12.7 Å². The Labute approximate surface area is 171 Å². The molecule has 0 radical (unpaired) electrons. The van der Waals surface area contributed by atoms with Crippen LogP contribution in [0.4, 0.5) is 0 Å². The average Bonchev–Trinajstić information content (AvgIpc) is 3.23. The first kappa shape index (κ1) is 18.6. The summed E-state index contributed by atoms with van der Waals surface area (Å²) in [6.07, 6.45) is 3.44. The molecular weight excluding hydrogens is 390 g/mol. The van der Waals surface area contributed by atoms with Crippen LogP contribution in [0.5, 0.6) is 5.75 Å². The van der Waals surface area contributed by atoms with Crippen molar-refractivity contribution in [2.24, 2.45) is 0 Å². The van der Waals surface area contributed by atoms with Gasteiger partial charge in [-0.25, -0.2) is 9.97 Å². The van der Waals surface area contributed by atoms with Crippen LogP contribution in [-0.4, -0.2) is 31.8 Å². The predicted molar refractivity (Wildman–Crippen MR) is 113 cm³/mol. The standard InChI is InChI=1S/C20H19N5OS2/c1-5-10-25-17(14-8-6-7-9-15(14)26-4)23-24-20(25)28-19-16-12(2)13(3)27-18(16)21-11-22-19/h5-9,11H,1,10H2,2-4H3. The Hall–Kier alpha value is -2.71. The van der Waals surface area contributed by atoms with Gasteiger partial charge in [-0.3, -0.25) is 4.57 Å². The summed E-state index contributed by atoms with van der Waals surface area (Å²) >= 11 is 3.18. The lowest BCUT2D eigenvalue weighted by molar-refractivity contribution is 0.416. The molecule has 0 saturated carbocycles. The number of allylic oxidation sites excluding steroid dienone is 1. The van der Waals surface area contributed by atoms with E-state index >= 15 is 0 Å². The van der Waals surface area contributed by atoms with Gasteiger partial charge in [-0.2, -0.15) is 0 Å². The second kappa shape index (κ2) is 7.73. The highest BCUT2D eigenvalue weighted by atomic mass is 32.2. The monoisotopic (exact) mass is 409 g/mol. The molecule has 4 aromatic rings. The van der Waals surface area contributed by atoms with E-state index in [1.807, 2.05) is 34.9 Å². The van der Waals surface area contributed by atoms with Crippen LogP contribution in [0.3, 0.4) is 0 Å². The highest BCUT2D eigenvalue weighted by molar-refractivity contribution is 7.99. The number of para-hydroxylation sites is 1. The number of aryl methyl sites for hydroxylation is 2. The lowest BCUT2D eigenvalue weighted by Gasteiger charge is -2.10. The third-order valence-corrected chi connectivity index (χ3v) is 6.60. The fraction of sp³-hybridized carbons (Fsp3) is 0.200. The minimum absolute atomic E-state index is 0.582. The first-order valence-corrected chi connectivity index (χ1v) is 10.3. The van der Waals surface area contributed by atoms with Crippen molar-refractivity contribution in [3.05, 3.63) is 53.7 Å². The first-order chi connectivity index (χ1) is 13.6. The fourth-order valence-corrected chi connectivity index (χ4v) is 5.04. The first-order valence-electron chi connectivity index (χ1n) is 8.70. The summed E-state index contributed by atoms with van der Waals surface area (Å²) in [5.74, 6) is 1.49. The van der Waals surface area contributed by atoms with Gasteiger partial charge in [0.1, 0.15) is 21.9 Å². The molecule has 0 aliphatic carbocycles. The van der Waals surface area contributed by atoms with Gasteiger partial charge < -0.3 is 4.74 Å². The SMILES string of the molecule is C=CCn1c(Sc2ncnc3sc(C)c(C)c23)nnc1-c1ccccc1OC. The smallest absolute Gasteiger partial charge is 0.198 e. The number of hydrogen-bond donors (Lipinski definition) is 0. The van der Waals surface area contributed by atoms with Gasteiger partial charge in [0.15, 0.2) is 11.0 Å². The summed E-state index contributed by atoms with van der Waals surface area (Å²) in [5.41, 5.74) is 2.10. The molecule has 8 heteroatoms. The molecular formula is C20H19N5OS2. The largest absolute Gasteiger partial charge is 0.496 e. The molecule has 0 spiro atoms. The number of hydrogen-bond acceptors (Lipinski definition) is 7. The molecule has 0 aliphatic rings. The van der Waals surface area contributed by atoms with E-state index in [2.05, 4.69) is 40.6 Å². The minimum Gasteiger partial charge on any atom is -0.496 e. The summed E-state index contributed by atoms with van der Waals surface area (Å²) in [4.78, 5) is 11.2. The van der Waals surface area contributed by atoms with Gasteiger partial charge in [0.2, 0.25) is 0 Å². The van der Waals surface area contributed by atoms with E-state index in [4.69, 9.17) is 4.74 Å². The van der Waals surface area contributed by atoms with Gasteiger partial charge in [0.25, 0.3) is 0 Å². The van der Waals surface area contributed by atoms with Crippen LogP contribution in [0.25, 0.3) is 21.6 Å². The normalized spacial score (nSPS) is 11.1. The average molecular weight is 410 g/mol. The van der Waals surface area contributed by atoms with E-state index in [0.29, 0.717) is 6.54 Å². The maximum Gasteiger partial charge on any atom is 0.198 e. The third kappa shape index (κ3) is 3.18. The van der Waals surface area contributed by atoms with Crippen molar-refractivity contribution < 1.29 is 4.74 Å². The van der Waals surface area contributed by atoms with Crippen molar-refractivity contribution in [2.45, 2.75) is 30.6 Å². The molecule has 0 unspecified atom stereocenters. The van der Waals surface area contributed by atoms with Gasteiger partial charge >= 0.3 is 0 Å². The zero-order valence-electron chi connectivity index (χ0n) is 15.8. The number of rotatable bonds is 6. The maximum atomic E-state index is 5.50. The molecule has 28 heavy (non-hydrogen) atoms. The van der Waals surface area contributed by atoms with E-state index in [1.165, 1.54) is 22.2 Å². The van der Waals surface area contributed by atoms with Gasteiger partial charge in [-0.15, -0.1) is 28.1 Å². The quantitative estimate of drug-likeness (QED) is 0.333. The van der Waals surface area contributed by atoms with Crippen molar-refractivity contribution in [1.82, 2.24) is 24.7 Å². The summed E-state index contributed by atoms with van der Waals surface area (Å²) in [5, 5.41) is 11.6.